The Kier molecular flexibility index (Phi) is 13.5. The summed E-state index contributed by atoms with van der Waals surface area (Å²) in [6, 6.07) is 25.3. The van der Waals surface area contributed by atoms with Gasteiger partial charge in [-0.1, -0.05) is 12.1 Å². The van der Waals surface area contributed by atoms with Crippen LogP contribution in [0.5, 0.6) is 40.2 Å². The van der Waals surface area contributed by atoms with Crippen LogP contribution in [0.25, 0.3) is 43.3 Å². The molecule has 14 heteroatoms. The summed E-state index contributed by atoms with van der Waals surface area (Å²) in [6.07, 6.45) is 1.79. The van der Waals surface area contributed by atoms with Crippen molar-refractivity contribution in [2.45, 2.75) is 19.8 Å². The van der Waals surface area contributed by atoms with E-state index in [-0.39, 0.29) is 5.91 Å². The van der Waals surface area contributed by atoms with Gasteiger partial charge in [0.1, 0.15) is 5.01 Å². The maximum absolute atomic E-state index is 12.8. The third kappa shape index (κ3) is 9.56. The number of methoxy groups -OCH3 is 5. The first kappa shape index (κ1) is 41.3. The molecule has 13 nitrogen and oxygen atoms in total. The fourth-order valence-electron chi connectivity index (χ4n) is 7.24. The predicted molar refractivity (Wildman–Crippen MR) is 230 cm³/mol. The van der Waals surface area contributed by atoms with E-state index in [4.69, 9.17) is 38.1 Å². The number of carbonyl (C=O) groups excluding carboxylic acids is 1. The third-order valence-electron chi connectivity index (χ3n) is 10.3. The second kappa shape index (κ2) is 19.3. The van der Waals surface area contributed by atoms with Gasteiger partial charge in [-0.05, 0) is 79.6 Å². The van der Waals surface area contributed by atoms with Crippen LogP contribution in [-0.4, -0.2) is 119 Å². The number of para-hydroxylation sites is 1. The fourth-order valence-corrected chi connectivity index (χ4v) is 8.20. The molecule has 0 radical (unpaired) electrons. The predicted octanol–water partition coefficient (Wildman–Crippen LogP) is 8.05. The maximum atomic E-state index is 12.8. The summed E-state index contributed by atoms with van der Waals surface area (Å²) >= 11 is 1.68. The molecule has 2 aromatic heterocycles. The Balaban J connectivity index is 0.878. The van der Waals surface area contributed by atoms with E-state index in [9.17, 15) is 4.79 Å². The van der Waals surface area contributed by atoms with Crippen molar-refractivity contribution in [3.63, 3.8) is 0 Å². The van der Waals surface area contributed by atoms with Gasteiger partial charge in [0.05, 0.1) is 70.4 Å². The van der Waals surface area contributed by atoms with Crippen LogP contribution < -0.4 is 33.2 Å². The fraction of sp³-hybridized carbons (Fsp3) is 0.356. The summed E-state index contributed by atoms with van der Waals surface area (Å²) in [5.74, 6) is 3.91. The van der Waals surface area contributed by atoms with Gasteiger partial charge in [0.25, 0.3) is 0 Å². The van der Waals surface area contributed by atoms with Gasteiger partial charge in [0, 0.05) is 62.9 Å². The number of aromatic nitrogens is 3. The Morgan fingerprint density at radius 2 is 1.20 bits per heavy atom. The topological polar surface area (TPSA) is 119 Å². The number of piperazine rings is 1. The lowest BCUT2D eigenvalue weighted by molar-refractivity contribution is 0.0923. The molecule has 0 amide bonds. The summed E-state index contributed by atoms with van der Waals surface area (Å²) in [6.45, 7) is 8.56. The zero-order valence-electron chi connectivity index (χ0n) is 34.5. The van der Waals surface area contributed by atoms with Gasteiger partial charge in [-0.25, -0.2) is 4.98 Å². The van der Waals surface area contributed by atoms with Crippen molar-refractivity contribution in [1.82, 2.24) is 24.6 Å². The van der Waals surface area contributed by atoms with Crippen LogP contribution >= 0.6 is 11.3 Å². The van der Waals surface area contributed by atoms with E-state index in [0.29, 0.717) is 64.7 Å². The lowest BCUT2D eigenvalue weighted by atomic mass is 10.1. The van der Waals surface area contributed by atoms with E-state index in [1.807, 2.05) is 54.6 Å². The van der Waals surface area contributed by atoms with Crippen LogP contribution in [-0.2, 0) is 0 Å². The number of thiazole rings is 1. The van der Waals surface area contributed by atoms with Gasteiger partial charge in [-0.3, -0.25) is 4.79 Å². The molecule has 0 unspecified atom stereocenters. The van der Waals surface area contributed by atoms with Gasteiger partial charge in [-0.2, -0.15) is 9.78 Å². The Bertz CT molecular complexity index is 2310. The highest BCUT2D eigenvalue weighted by Crippen LogP contribution is 2.42. The number of fused-ring (bicyclic) bond motifs is 1. The van der Waals surface area contributed by atoms with Crippen molar-refractivity contribution in [3.05, 3.63) is 78.9 Å². The lowest BCUT2D eigenvalue weighted by Gasteiger charge is -2.34. The minimum Gasteiger partial charge on any atom is -0.493 e. The van der Waals surface area contributed by atoms with Crippen molar-refractivity contribution in [2.24, 2.45) is 0 Å². The van der Waals surface area contributed by atoms with Crippen LogP contribution in [0.15, 0.2) is 78.9 Å². The Labute approximate surface area is 348 Å². The Hall–Kier alpha value is -5.83. The summed E-state index contributed by atoms with van der Waals surface area (Å²) in [7, 11) is 7.97. The van der Waals surface area contributed by atoms with Crippen molar-refractivity contribution in [2.75, 3.05) is 88.0 Å². The molecule has 310 valence electrons. The molecule has 3 heterocycles. The van der Waals surface area contributed by atoms with Crippen LogP contribution in [0.4, 0.5) is 0 Å². The van der Waals surface area contributed by atoms with E-state index >= 15 is 0 Å². The Morgan fingerprint density at radius 1 is 0.627 bits per heavy atom. The van der Waals surface area contributed by atoms with Gasteiger partial charge in [0.2, 0.25) is 11.7 Å². The first-order valence-corrected chi connectivity index (χ1v) is 20.5. The molecule has 0 bridgehead atoms. The normalized spacial score (nSPS) is 13.3. The summed E-state index contributed by atoms with van der Waals surface area (Å²) in [4.78, 5) is 22.6. The highest BCUT2D eigenvalue weighted by molar-refractivity contribution is 7.21. The quantitative estimate of drug-likeness (QED) is 0.0781. The monoisotopic (exact) mass is 821 g/mol. The molecule has 0 N–H and O–H groups in total. The SMILES string of the molecule is COc1cc(-c2nc3ccccc3s2)ccc1OCCCN1CCN(CCCOc2cc(-c3cc(-c4cc(OC)c(OC)c(OC)c4)nn3C(C)=O)ccc2OC)CC1. The third-order valence-corrected chi connectivity index (χ3v) is 11.4. The maximum Gasteiger partial charge on any atom is 0.244 e. The zero-order chi connectivity index (χ0) is 41.3. The average Bonchev–Trinajstić information content (AvgIpc) is 3.93. The van der Waals surface area contributed by atoms with Gasteiger partial charge in [0.15, 0.2) is 34.5 Å². The summed E-state index contributed by atoms with van der Waals surface area (Å²) in [5, 5.41) is 5.61. The smallest absolute Gasteiger partial charge is 0.244 e. The van der Waals surface area contributed by atoms with Crippen molar-refractivity contribution in [3.8, 4) is 73.3 Å². The van der Waals surface area contributed by atoms with Crippen LogP contribution in [0.3, 0.4) is 0 Å². The van der Waals surface area contributed by atoms with E-state index in [2.05, 4.69) is 27.0 Å². The molecule has 7 rings (SSSR count). The number of nitrogens with zero attached hydrogens (tertiary/aromatic N) is 5. The number of carbonyl (C=O) groups is 1. The van der Waals surface area contributed by atoms with Crippen molar-refractivity contribution in [1.29, 1.82) is 0 Å². The molecule has 0 spiro atoms. The molecule has 0 aliphatic carbocycles. The number of ether oxygens (including phenoxy) is 7. The first-order chi connectivity index (χ1) is 28.8. The number of hydrogen-bond acceptors (Lipinski definition) is 13. The van der Waals surface area contributed by atoms with Gasteiger partial charge >= 0.3 is 0 Å². The van der Waals surface area contributed by atoms with Crippen molar-refractivity contribution < 1.29 is 38.0 Å². The molecule has 1 fully saturated rings. The number of hydrogen-bond donors (Lipinski definition) is 0. The zero-order valence-corrected chi connectivity index (χ0v) is 35.3. The summed E-state index contributed by atoms with van der Waals surface area (Å²) in [5.41, 5.74) is 4.69. The van der Waals surface area contributed by atoms with E-state index in [0.717, 1.165) is 79.5 Å². The Morgan fingerprint density at radius 3 is 1.81 bits per heavy atom. The second-order valence-electron chi connectivity index (χ2n) is 14.1. The average molecular weight is 822 g/mol. The number of benzene rings is 4. The van der Waals surface area contributed by atoms with E-state index in [1.165, 1.54) is 16.3 Å². The molecule has 1 saturated heterocycles. The molecule has 1 aliphatic rings. The molecular formula is C45H51N5O8S. The molecule has 59 heavy (non-hydrogen) atoms. The van der Waals surface area contributed by atoms with Crippen LogP contribution in [0, 0.1) is 0 Å². The number of rotatable bonds is 18. The van der Waals surface area contributed by atoms with Crippen LogP contribution in [0.1, 0.15) is 24.6 Å². The molecule has 4 aromatic carbocycles. The molecule has 0 atom stereocenters. The second-order valence-corrected chi connectivity index (χ2v) is 15.1. The molecule has 1 aliphatic heterocycles. The van der Waals surface area contributed by atoms with E-state index < -0.39 is 0 Å². The standard InChI is InChI=1S/C45H51N5O8S/c1-30(51)50-36(29-35(47-50)33-27-41(54-4)44(56-6)42(28-33)55-5)31-13-15-37(52-2)40(25-31)58-24-10-18-49-21-19-48(20-22-49)17-9-23-57-38-16-14-32(26-39(38)53-3)45-46-34-11-7-8-12-43(34)59-45/h7-8,11-16,25-29H,9-10,17-24H2,1-6H3. The van der Waals surface area contributed by atoms with Crippen molar-refractivity contribution >= 4 is 27.5 Å². The lowest BCUT2D eigenvalue weighted by Crippen LogP contribution is -2.47. The largest absolute Gasteiger partial charge is 0.493 e. The molecule has 6 aromatic rings. The van der Waals surface area contributed by atoms with Crippen LogP contribution in [0.2, 0.25) is 0 Å². The highest BCUT2D eigenvalue weighted by atomic mass is 32.1. The van der Waals surface area contributed by atoms with E-state index in [1.54, 1.807) is 59.0 Å². The highest BCUT2D eigenvalue weighted by Gasteiger charge is 2.21. The van der Waals surface area contributed by atoms with Gasteiger partial charge < -0.3 is 43.0 Å². The minimum atomic E-state index is -0.228. The minimum absolute atomic E-state index is 0.228. The van der Waals surface area contributed by atoms with Gasteiger partial charge in [-0.15, -0.1) is 11.3 Å². The summed E-state index contributed by atoms with van der Waals surface area (Å²) < 4.78 is 42.9. The molecule has 0 saturated carbocycles. The molecular weight excluding hydrogens is 771 g/mol. The first-order valence-electron chi connectivity index (χ1n) is 19.7.